The lowest BCUT2D eigenvalue weighted by atomic mass is 10.2. The minimum atomic E-state index is -2.57. The van der Waals surface area contributed by atoms with Crippen LogP contribution in [0.4, 0.5) is 14.5 Å². The quantitative estimate of drug-likeness (QED) is 0.733. The van der Waals surface area contributed by atoms with Gasteiger partial charge in [0.1, 0.15) is 0 Å². The third kappa shape index (κ3) is 4.33. The normalized spacial score (nSPS) is 10.7. The molecule has 0 unspecified atom stereocenters. The first-order chi connectivity index (χ1) is 9.97. The number of amides is 1. The second-order valence-corrected chi connectivity index (χ2v) is 5.83. The predicted octanol–water partition coefficient (Wildman–Crippen LogP) is 5.56. The lowest BCUT2D eigenvalue weighted by Crippen LogP contribution is -2.13. The molecule has 21 heavy (non-hydrogen) atoms. The van der Waals surface area contributed by atoms with E-state index in [1.807, 2.05) is 0 Å². The molecule has 2 rings (SSSR count). The SMILES string of the molecule is O=C(Nc1ccccc1SC(F)F)c1cc(Cl)ccc1Cl. The number of benzene rings is 2. The van der Waals surface area contributed by atoms with E-state index in [9.17, 15) is 13.6 Å². The molecule has 110 valence electrons. The Hall–Kier alpha value is -1.30. The van der Waals surface area contributed by atoms with Gasteiger partial charge in [0, 0.05) is 9.92 Å². The molecule has 0 radical (unpaired) electrons. The van der Waals surface area contributed by atoms with Crippen molar-refractivity contribution in [1.82, 2.24) is 0 Å². The number of para-hydroxylation sites is 1. The molecule has 2 nitrogen and oxygen atoms in total. The summed E-state index contributed by atoms with van der Waals surface area (Å²) in [6.45, 7) is 0. The van der Waals surface area contributed by atoms with Crippen LogP contribution in [0.1, 0.15) is 10.4 Å². The fraction of sp³-hybridized carbons (Fsp3) is 0.0714. The van der Waals surface area contributed by atoms with E-state index in [1.54, 1.807) is 24.3 Å². The highest BCUT2D eigenvalue weighted by Gasteiger charge is 2.15. The molecule has 0 heterocycles. The number of nitrogens with one attached hydrogen (secondary N) is 1. The Morgan fingerprint density at radius 1 is 1.14 bits per heavy atom. The summed E-state index contributed by atoms with van der Waals surface area (Å²) in [7, 11) is 0. The maximum absolute atomic E-state index is 12.5. The number of carbonyl (C=O) groups excluding carboxylic acids is 1. The summed E-state index contributed by atoms with van der Waals surface area (Å²) >= 11 is 12.1. The average molecular weight is 348 g/mol. The fourth-order valence-corrected chi connectivity index (χ4v) is 2.60. The lowest BCUT2D eigenvalue weighted by molar-refractivity contribution is 0.102. The molecule has 0 bridgehead atoms. The first kappa shape index (κ1) is 16.1. The Balaban J connectivity index is 2.25. The Morgan fingerprint density at radius 3 is 2.57 bits per heavy atom. The van der Waals surface area contributed by atoms with Gasteiger partial charge in [-0.2, -0.15) is 8.78 Å². The predicted molar refractivity (Wildman–Crippen MR) is 82.7 cm³/mol. The van der Waals surface area contributed by atoms with Gasteiger partial charge < -0.3 is 5.32 Å². The number of anilines is 1. The van der Waals surface area contributed by atoms with Crippen molar-refractivity contribution in [3.63, 3.8) is 0 Å². The van der Waals surface area contributed by atoms with Crippen molar-refractivity contribution in [2.75, 3.05) is 5.32 Å². The van der Waals surface area contributed by atoms with Crippen molar-refractivity contribution in [1.29, 1.82) is 0 Å². The van der Waals surface area contributed by atoms with E-state index >= 15 is 0 Å². The van der Waals surface area contributed by atoms with Gasteiger partial charge >= 0.3 is 0 Å². The summed E-state index contributed by atoms with van der Waals surface area (Å²) in [6, 6.07) is 10.8. The van der Waals surface area contributed by atoms with Crippen LogP contribution < -0.4 is 5.32 Å². The summed E-state index contributed by atoms with van der Waals surface area (Å²) in [6.07, 6.45) is 0. The lowest BCUT2D eigenvalue weighted by Gasteiger charge is -2.11. The zero-order valence-electron chi connectivity index (χ0n) is 10.4. The van der Waals surface area contributed by atoms with Crippen LogP contribution in [0.5, 0.6) is 0 Å². The topological polar surface area (TPSA) is 29.1 Å². The first-order valence-electron chi connectivity index (χ1n) is 5.77. The third-order valence-electron chi connectivity index (χ3n) is 2.52. The van der Waals surface area contributed by atoms with Crippen molar-refractivity contribution >= 4 is 46.6 Å². The van der Waals surface area contributed by atoms with Gasteiger partial charge in [0.15, 0.2) is 0 Å². The number of thioether (sulfide) groups is 1. The van der Waals surface area contributed by atoms with Crippen LogP contribution in [0.3, 0.4) is 0 Å². The molecule has 7 heteroatoms. The molecule has 1 amide bonds. The summed E-state index contributed by atoms with van der Waals surface area (Å²) in [4.78, 5) is 12.5. The maximum Gasteiger partial charge on any atom is 0.288 e. The molecule has 2 aromatic rings. The van der Waals surface area contributed by atoms with Crippen LogP contribution in [-0.2, 0) is 0 Å². The highest BCUT2D eigenvalue weighted by molar-refractivity contribution is 7.99. The molecule has 1 N–H and O–H groups in total. The van der Waals surface area contributed by atoms with E-state index in [-0.39, 0.29) is 15.5 Å². The number of hydrogen-bond acceptors (Lipinski definition) is 2. The standard InChI is InChI=1S/C14H9Cl2F2NOS/c15-8-5-6-10(16)9(7-8)13(20)19-11-3-1-2-4-12(11)21-14(17)18/h1-7,14H,(H,19,20). The van der Waals surface area contributed by atoms with E-state index in [2.05, 4.69) is 5.32 Å². The molecule has 2 aromatic carbocycles. The van der Waals surface area contributed by atoms with Crippen LogP contribution in [0.2, 0.25) is 10.0 Å². The minimum absolute atomic E-state index is 0.181. The molecule has 0 fully saturated rings. The van der Waals surface area contributed by atoms with Crippen molar-refractivity contribution < 1.29 is 13.6 Å². The zero-order chi connectivity index (χ0) is 15.4. The van der Waals surface area contributed by atoms with Crippen molar-refractivity contribution in [2.45, 2.75) is 10.7 Å². The van der Waals surface area contributed by atoms with Crippen molar-refractivity contribution in [3.8, 4) is 0 Å². The Bertz CT molecular complexity index is 667. The first-order valence-corrected chi connectivity index (χ1v) is 7.41. The molecule has 0 atom stereocenters. The van der Waals surface area contributed by atoms with Crippen LogP contribution in [-0.4, -0.2) is 11.7 Å². The fourth-order valence-electron chi connectivity index (χ4n) is 1.63. The van der Waals surface area contributed by atoms with E-state index < -0.39 is 11.7 Å². The molecular weight excluding hydrogens is 339 g/mol. The summed E-state index contributed by atoms with van der Waals surface area (Å²) < 4.78 is 25.0. The number of hydrogen-bond donors (Lipinski definition) is 1. The van der Waals surface area contributed by atoms with Gasteiger partial charge in [0.25, 0.3) is 11.7 Å². The molecule has 0 saturated carbocycles. The van der Waals surface area contributed by atoms with Crippen LogP contribution in [0.15, 0.2) is 47.4 Å². The van der Waals surface area contributed by atoms with E-state index in [0.29, 0.717) is 22.5 Å². The second kappa shape index (κ2) is 7.11. The summed E-state index contributed by atoms with van der Waals surface area (Å²) in [5.74, 6) is -3.08. The molecule has 0 aromatic heterocycles. The average Bonchev–Trinajstić information content (AvgIpc) is 2.43. The van der Waals surface area contributed by atoms with Gasteiger partial charge in [-0.15, -0.1) is 0 Å². The van der Waals surface area contributed by atoms with Crippen LogP contribution >= 0.6 is 35.0 Å². The zero-order valence-corrected chi connectivity index (χ0v) is 12.8. The molecule has 0 saturated heterocycles. The molecule has 0 aliphatic rings. The third-order valence-corrected chi connectivity index (χ3v) is 3.88. The van der Waals surface area contributed by atoms with Crippen molar-refractivity contribution in [3.05, 3.63) is 58.1 Å². The Morgan fingerprint density at radius 2 is 1.86 bits per heavy atom. The van der Waals surface area contributed by atoms with Gasteiger partial charge in [-0.1, -0.05) is 47.1 Å². The van der Waals surface area contributed by atoms with E-state index in [0.717, 1.165) is 0 Å². The Labute approximate surface area is 134 Å². The summed E-state index contributed by atoms with van der Waals surface area (Å²) in [5.41, 5.74) is 0.477. The molecule has 0 spiro atoms. The van der Waals surface area contributed by atoms with E-state index in [4.69, 9.17) is 23.2 Å². The van der Waals surface area contributed by atoms with Gasteiger partial charge in [0.2, 0.25) is 0 Å². The molecular formula is C14H9Cl2F2NOS. The summed E-state index contributed by atoms with van der Waals surface area (Å²) in [5, 5.41) is 3.16. The number of alkyl halides is 2. The van der Waals surface area contributed by atoms with Gasteiger partial charge in [-0.05, 0) is 30.3 Å². The Kier molecular flexibility index (Phi) is 5.45. The maximum atomic E-state index is 12.5. The van der Waals surface area contributed by atoms with Gasteiger partial charge in [0.05, 0.1) is 16.3 Å². The van der Waals surface area contributed by atoms with Crippen LogP contribution in [0, 0.1) is 0 Å². The number of rotatable bonds is 4. The largest absolute Gasteiger partial charge is 0.321 e. The second-order valence-electron chi connectivity index (χ2n) is 3.95. The van der Waals surface area contributed by atoms with Gasteiger partial charge in [-0.3, -0.25) is 4.79 Å². The highest BCUT2D eigenvalue weighted by Crippen LogP contribution is 2.32. The van der Waals surface area contributed by atoms with Gasteiger partial charge in [-0.25, -0.2) is 0 Å². The monoisotopic (exact) mass is 347 g/mol. The smallest absolute Gasteiger partial charge is 0.288 e. The van der Waals surface area contributed by atoms with Crippen molar-refractivity contribution in [2.24, 2.45) is 0 Å². The van der Waals surface area contributed by atoms with E-state index in [1.165, 1.54) is 18.2 Å². The minimum Gasteiger partial charge on any atom is -0.321 e. The highest BCUT2D eigenvalue weighted by atomic mass is 35.5. The molecule has 0 aliphatic carbocycles. The van der Waals surface area contributed by atoms with Crippen LogP contribution in [0.25, 0.3) is 0 Å². The molecule has 0 aliphatic heterocycles. The number of carbonyl (C=O) groups is 1. The number of halogens is 4.